The highest BCUT2D eigenvalue weighted by molar-refractivity contribution is 7.84. The molecule has 8 heteroatoms. The van der Waals surface area contributed by atoms with Crippen LogP contribution in [0, 0.1) is 0 Å². The quantitative estimate of drug-likeness (QED) is 0.428. The van der Waals surface area contributed by atoms with E-state index in [2.05, 4.69) is 4.18 Å². The molecule has 4 atom stereocenters. The lowest BCUT2D eigenvalue weighted by atomic mass is 9.94. The highest BCUT2D eigenvalue weighted by Gasteiger charge is 2.49. The van der Waals surface area contributed by atoms with Gasteiger partial charge in [0.1, 0.15) is 0 Å². The van der Waals surface area contributed by atoms with Gasteiger partial charge in [0.05, 0.1) is 31.0 Å². The topological polar surface area (TPSA) is 107 Å². The summed E-state index contributed by atoms with van der Waals surface area (Å²) in [5, 5.41) is 28.5. The minimum absolute atomic E-state index is 0.0439. The fourth-order valence-electron chi connectivity index (χ4n) is 1.98. The molecule has 0 spiro atoms. The monoisotopic (exact) mass is 239 g/mol. The number of hydrogen-bond acceptors (Lipinski definition) is 6. The molecule has 2 rings (SSSR count). The Hall–Kier alpha value is -0.250. The zero-order valence-electron chi connectivity index (χ0n) is 7.85. The molecule has 0 radical (unpaired) electrons. The molecule has 0 aromatic rings. The van der Waals surface area contributed by atoms with E-state index in [-0.39, 0.29) is 19.6 Å². The summed E-state index contributed by atoms with van der Waals surface area (Å²) in [7, 11) is -3.87. The molecule has 0 saturated carbocycles. The second kappa shape index (κ2) is 3.65. The largest absolute Gasteiger partial charge is 0.390 e. The standard InChI is InChI=1S/C7H13NO6S/c9-4-1-2-8-6(7(4)11)5(10)3-14-15(8,12)13/h4-7,9-11H,1-3H2/t4-,5-,6+,7-/m1/s1. The molecule has 2 aliphatic rings. The summed E-state index contributed by atoms with van der Waals surface area (Å²) in [4.78, 5) is 0. The average Bonchev–Trinajstić information content (AvgIpc) is 2.17. The Morgan fingerprint density at radius 1 is 1.20 bits per heavy atom. The number of aliphatic hydroxyl groups excluding tert-OH is 3. The Morgan fingerprint density at radius 3 is 2.53 bits per heavy atom. The normalized spacial score (nSPS) is 46.1. The van der Waals surface area contributed by atoms with E-state index in [9.17, 15) is 23.7 Å². The van der Waals surface area contributed by atoms with Crippen molar-refractivity contribution < 1.29 is 27.9 Å². The van der Waals surface area contributed by atoms with E-state index < -0.39 is 34.7 Å². The van der Waals surface area contributed by atoms with Crippen molar-refractivity contribution in [2.75, 3.05) is 13.2 Å². The molecule has 7 nitrogen and oxygen atoms in total. The molecule has 0 bridgehead atoms. The zero-order valence-corrected chi connectivity index (χ0v) is 8.67. The molecule has 2 heterocycles. The Labute approximate surface area is 87.1 Å². The van der Waals surface area contributed by atoms with Crippen molar-refractivity contribution in [3.8, 4) is 0 Å². The fourth-order valence-corrected chi connectivity index (χ4v) is 3.32. The first-order valence-electron chi connectivity index (χ1n) is 4.64. The highest BCUT2D eigenvalue weighted by Crippen LogP contribution is 2.28. The fraction of sp³-hybridized carbons (Fsp3) is 1.00. The van der Waals surface area contributed by atoms with Crippen LogP contribution in [0.25, 0.3) is 0 Å². The van der Waals surface area contributed by atoms with Gasteiger partial charge in [0, 0.05) is 6.54 Å². The smallest absolute Gasteiger partial charge is 0.338 e. The maximum Gasteiger partial charge on any atom is 0.338 e. The molecule has 3 N–H and O–H groups in total. The summed E-state index contributed by atoms with van der Waals surface area (Å²) < 4.78 is 28.2. The van der Waals surface area contributed by atoms with Crippen LogP contribution in [-0.2, 0) is 14.5 Å². The Morgan fingerprint density at radius 2 is 1.87 bits per heavy atom. The van der Waals surface area contributed by atoms with Crippen molar-refractivity contribution in [1.29, 1.82) is 0 Å². The van der Waals surface area contributed by atoms with Gasteiger partial charge in [-0.15, -0.1) is 0 Å². The molecule has 15 heavy (non-hydrogen) atoms. The van der Waals surface area contributed by atoms with Crippen molar-refractivity contribution in [1.82, 2.24) is 4.31 Å². The van der Waals surface area contributed by atoms with Gasteiger partial charge in [0.15, 0.2) is 0 Å². The van der Waals surface area contributed by atoms with Gasteiger partial charge >= 0.3 is 10.3 Å². The maximum absolute atomic E-state index is 11.4. The third-order valence-corrected chi connectivity index (χ3v) is 4.23. The van der Waals surface area contributed by atoms with Gasteiger partial charge in [-0.05, 0) is 6.42 Å². The summed E-state index contributed by atoms with van der Waals surface area (Å²) in [5.74, 6) is 0. The van der Waals surface area contributed by atoms with Crippen LogP contribution < -0.4 is 0 Å². The van der Waals surface area contributed by atoms with Gasteiger partial charge in [-0.2, -0.15) is 12.7 Å². The predicted molar refractivity (Wildman–Crippen MR) is 48.0 cm³/mol. The number of fused-ring (bicyclic) bond motifs is 1. The maximum atomic E-state index is 11.4. The van der Waals surface area contributed by atoms with Crippen LogP contribution in [0.15, 0.2) is 0 Å². The average molecular weight is 239 g/mol. The number of nitrogens with zero attached hydrogens (tertiary/aromatic N) is 1. The molecular formula is C7H13NO6S. The van der Waals surface area contributed by atoms with E-state index >= 15 is 0 Å². The molecule has 2 saturated heterocycles. The van der Waals surface area contributed by atoms with Crippen LogP contribution in [0.4, 0.5) is 0 Å². The summed E-state index contributed by atoms with van der Waals surface area (Å²) >= 11 is 0. The van der Waals surface area contributed by atoms with Crippen molar-refractivity contribution in [3.63, 3.8) is 0 Å². The lowest BCUT2D eigenvalue weighted by Crippen LogP contribution is -2.65. The van der Waals surface area contributed by atoms with E-state index in [4.69, 9.17) is 0 Å². The summed E-state index contributed by atoms with van der Waals surface area (Å²) in [6.45, 7) is -0.338. The zero-order chi connectivity index (χ0) is 11.2. The molecule has 88 valence electrons. The van der Waals surface area contributed by atoms with E-state index in [1.807, 2.05) is 0 Å². The van der Waals surface area contributed by atoms with Crippen molar-refractivity contribution in [3.05, 3.63) is 0 Å². The van der Waals surface area contributed by atoms with Crippen molar-refractivity contribution in [2.24, 2.45) is 0 Å². The van der Waals surface area contributed by atoms with Gasteiger partial charge in [-0.1, -0.05) is 0 Å². The van der Waals surface area contributed by atoms with Crippen LogP contribution >= 0.6 is 0 Å². The van der Waals surface area contributed by atoms with E-state index in [0.29, 0.717) is 0 Å². The van der Waals surface area contributed by atoms with Crippen LogP contribution in [0.2, 0.25) is 0 Å². The highest BCUT2D eigenvalue weighted by atomic mass is 32.2. The van der Waals surface area contributed by atoms with Crippen LogP contribution in [0.1, 0.15) is 6.42 Å². The Bertz CT molecular complexity index is 343. The van der Waals surface area contributed by atoms with Gasteiger partial charge in [0.2, 0.25) is 0 Å². The molecule has 0 aromatic heterocycles. The first-order valence-corrected chi connectivity index (χ1v) is 6.00. The first-order chi connectivity index (χ1) is 6.93. The molecule has 0 aliphatic carbocycles. The van der Waals surface area contributed by atoms with Crippen molar-refractivity contribution >= 4 is 10.3 Å². The predicted octanol–water partition coefficient (Wildman–Crippen LogP) is -2.58. The van der Waals surface area contributed by atoms with Crippen LogP contribution in [-0.4, -0.2) is 65.5 Å². The molecular weight excluding hydrogens is 226 g/mol. The second-order valence-electron chi connectivity index (χ2n) is 3.76. The molecule has 2 fully saturated rings. The Balaban J connectivity index is 2.31. The SMILES string of the molecule is O=S1(=O)OC[C@@H](O)[C@H]2[C@H](O)[C@H](O)CCN21. The van der Waals surface area contributed by atoms with Crippen LogP contribution in [0.5, 0.6) is 0 Å². The van der Waals surface area contributed by atoms with E-state index in [0.717, 1.165) is 4.31 Å². The second-order valence-corrected chi connectivity index (χ2v) is 5.32. The first kappa shape index (κ1) is 11.2. The van der Waals surface area contributed by atoms with Crippen molar-refractivity contribution in [2.45, 2.75) is 30.8 Å². The Kier molecular flexibility index (Phi) is 2.73. The molecule has 0 aromatic carbocycles. The van der Waals surface area contributed by atoms with Gasteiger partial charge in [0.25, 0.3) is 0 Å². The van der Waals surface area contributed by atoms with E-state index in [1.165, 1.54) is 0 Å². The third-order valence-electron chi connectivity index (χ3n) is 2.79. The number of hydrogen-bond donors (Lipinski definition) is 3. The van der Waals surface area contributed by atoms with Crippen LogP contribution in [0.3, 0.4) is 0 Å². The summed E-state index contributed by atoms with van der Waals surface area (Å²) in [6, 6.07) is -1.01. The lowest BCUT2D eigenvalue weighted by molar-refractivity contribution is -0.109. The lowest BCUT2D eigenvalue weighted by Gasteiger charge is -2.44. The van der Waals surface area contributed by atoms with E-state index in [1.54, 1.807) is 0 Å². The van der Waals surface area contributed by atoms with Gasteiger partial charge in [-0.25, -0.2) is 0 Å². The minimum Gasteiger partial charge on any atom is -0.390 e. The van der Waals surface area contributed by atoms with Gasteiger partial charge < -0.3 is 15.3 Å². The van der Waals surface area contributed by atoms with Gasteiger partial charge in [-0.3, -0.25) is 4.18 Å². The number of piperidine rings is 1. The number of rotatable bonds is 0. The molecule has 0 unspecified atom stereocenters. The molecule has 0 amide bonds. The minimum atomic E-state index is -3.87. The summed E-state index contributed by atoms with van der Waals surface area (Å²) in [5.41, 5.74) is 0. The number of aliphatic hydroxyl groups is 3. The third kappa shape index (κ3) is 1.77. The molecule has 2 aliphatic heterocycles. The summed E-state index contributed by atoms with van der Waals surface area (Å²) in [6.07, 6.45) is -3.26.